The van der Waals surface area contributed by atoms with E-state index in [4.69, 9.17) is 5.73 Å². The van der Waals surface area contributed by atoms with E-state index >= 15 is 0 Å². The molecule has 26 heavy (non-hydrogen) atoms. The topological polar surface area (TPSA) is 136 Å². The Labute approximate surface area is 176 Å². The summed E-state index contributed by atoms with van der Waals surface area (Å²) < 4.78 is -0.711. The predicted molar refractivity (Wildman–Crippen MR) is 88.1 cm³/mol. The van der Waals surface area contributed by atoms with Gasteiger partial charge in [0.1, 0.15) is 23.2 Å². The second kappa shape index (κ2) is 7.40. The fourth-order valence-corrected chi connectivity index (χ4v) is 4.82. The molecular weight excluding hydrogens is 369 g/mol. The van der Waals surface area contributed by atoms with Gasteiger partial charge in [0.2, 0.25) is 11.8 Å². The number of nitrogens with two attached hydrogens (primary N) is 1. The number of nitrogens with one attached hydrogen (secondary N) is 1. The number of phenols is 1. The first-order valence-corrected chi connectivity index (χ1v) is 8.57. The molecule has 2 heterocycles. The van der Waals surface area contributed by atoms with Gasteiger partial charge < -0.3 is 31.0 Å². The average molecular weight is 387 g/mol. The van der Waals surface area contributed by atoms with Crippen molar-refractivity contribution in [2.45, 2.75) is 42.1 Å². The predicted octanol–water partition coefficient (Wildman–Crippen LogP) is -4.31. The van der Waals surface area contributed by atoms with Gasteiger partial charge in [0.05, 0.1) is 12.0 Å². The summed E-state index contributed by atoms with van der Waals surface area (Å²) in [6.07, 6.45) is 0. The van der Waals surface area contributed by atoms with Crippen molar-refractivity contribution in [2.24, 2.45) is 5.73 Å². The van der Waals surface area contributed by atoms with Gasteiger partial charge in [0, 0.05) is 4.75 Å². The summed E-state index contributed by atoms with van der Waals surface area (Å²) in [5.41, 5.74) is 6.39. The molecule has 10 heteroatoms. The van der Waals surface area contributed by atoms with E-state index < -0.39 is 46.0 Å². The Morgan fingerprint density at radius 3 is 2.46 bits per heavy atom. The number of hydrogen-bond donors (Lipinski definition) is 3. The summed E-state index contributed by atoms with van der Waals surface area (Å²) in [4.78, 5) is 37.3. The number of carboxylic acids is 1. The van der Waals surface area contributed by atoms with Crippen LogP contribution in [0.15, 0.2) is 24.3 Å². The molecule has 2 aliphatic rings. The molecule has 2 saturated heterocycles. The zero-order valence-corrected chi connectivity index (χ0v) is 17.4. The molecule has 0 bridgehead atoms. The van der Waals surface area contributed by atoms with Crippen molar-refractivity contribution in [1.82, 2.24) is 10.2 Å². The summed E-state index contributed by atoms with van der Waals surface area (Å²) in [5.74, 6) is -2.25. The number of fused-ring (bicyclic) bond motifs is 1. The van der Waals surface area contributed by atoms with Gasteiger partial charge in [-0.2, -0.15) is 0 Å². The van der Waals surface area contributed by atoms with Crippen molar-refractivity contribution in [3.05, 3.63) is 29.8 Å². The van der Waals surface area contributed by atoms with Crippen LogP contribution in [0, 0.1) is 0 Å². The molecule has 0 aromatic heterocycles. The minimum Gasteiger partial charge on any atom is -0.548 e. The van der Waals surface area contributed by atoms with Crippen LogP contribution >= 0.6 is 11.8 Å². The number of aliphatic carboxylic acids is 1. The molecule has 0 spiro atoms. The van der Waals surface area contributed by atoms with Crippen LogP contribution in [0.2, 0.25) is 0 Å². The normalized spacial score (nSPS) is 27.0. The molecule has 2 amide bonds. The number of carboxylic acid groups (broad SMARTS) is 1. The van der Waals surface area contributed by atoms with Crippen molar-refractivity contribution in [3.8, 4) is 5.75 Å². The molecular formula is C16H18N3NaO5S. The van der Waals surface area contributed by atoms with Crippen molar-refractivity contribution < 1.29 is 54.2 Å². The van der Waals surface area contributed by atoms with E-state index in [1.165, 1.54) is 40.9 Å². The van der Waals surface area contributed by atoms with Crippen LogP contribution in [0.4, 0.5) is 0 Å². The number of amides is 2. The van der Waals surface area contributed by atoms with Crippen LogP contribution in [-0.2, 0) is 14.4 Å². The second-order valence-electron chi connectivity index (χ2n) is 6.63. The zero-order chi connectivity index (χ0) is 18.5. The maximum Gasteiger partial charge on any atom is 1.00 e. The number of β-lactam (4-membered cyclic amide) rings is 1. The number of aromatic hydroxyl groups is 1. The molecule has 0 aliphatic carbocycles. The number of thioether (sulfide) groups is 1. The van der Waals surface area contributed by atoms with E-state index in [-0.39, 0.29) is 35.3 Å². The van der Waals surface area contributed by atoms with Crippen LogP contribution in [0.3, 0.4) is 0 Å². The van der Waals surface area contributed by atoms with Crippen LogP contribution in [0.1, 0.15) is 25.5 Å². The molecule has 2 aliphatic heterocycles. The Morgan fingerprint density at radius 1 is 1.35 bits per heavy atom. The molecule has 4 atom stereocenters. The van der Waals surface area contributed by atoms with Gasteiger partial charge in [-0.3, -0.25) is 9.59 Å². The molecule has 134 valence electrons. The molecule has 3 rings (SSSR count). The van der Waals surface area contributed by atoms with Crippen LogP contribution in [-0.4, -0.2) is 50.0 Å². The van der Waals surface area contributed by atoms with Gasteiger partial charge in [-0.05, 0) is 31.5 Å². The van der Waals surface area contributed by atoms with Crippen molar-refractivity contribution in [2.75, 3.05) is 0 Å². The minimum atomic E-state index is -1.31. The number of carbonyl (C=O) groups is 3. The third-order valence-corrected chi connectivity index (χ3v) is 6.07. The monoisotopic (exact) mass is 387 g/mol. The van der Waals surface area contributed by atoms with Gasteiger partial charge in [-0.1, -0.05) is 12.1 Å². The summed E-state index contributed by atoms with van der Waals surface area (Å²) >= 11 is 1.31. The van der Waals surface area contributed by atoms with E-state index in [2.05, 4.69) is 5.32 Å². The molecule has 0 radical (unpaired) electrons. The summed E-state index contributed by atoms with van der Waals surface area (Å²) in [6, 6.07) is 3.02. The largest absolute Gasteiger partial charge is 1.00 e. The number of benzene rings is 1. The van der Waals surface area contributed by atoms with Gasteiger partial charge in [0.25, 0.3) is 0 Å². The van der Waals surface area contributed by atoms with Crippen LogP contribution in [0.25, 0.3) is 0 Å². The molecule has 2 fully saturated rings. The van der Waals surface area contributed by atoms with E-state index in [1.807, 2.05) is 0 Å². The molecule has 0 saturated carbocycles. The Hall–Kier alpha value is -1.26. The summed E-state index contributed by atoms with van der Waals surface area (Å²) in [5, 5.41) is 22.8. The quantitative estimate of drug-likeness (QED) is 0.351. The Bertz CT molecular complexity index is 742. The number of hydrogen-bond acceptors (Lipinski definition) is 7. The molecule has 4 N–H and O–H groups in total. The molecule has 1 aromatic carbocycles. The van der Waals surface area contributed by atoms with E-state index in [0.29, 0.717) is 5.56 Å². The maximum atomic E-state index is 12.3. The van der Waals surface area contributed by atoms with E-state index in [1.54, 1.807) is 13.8 Å². The molecule has 8 nitrogen and oxygen atoms in total. The fourth-order valence-electron chi connectivity index (χ4n) is 3.20. The third-order valence-electron chi connectivity index (χ3n) is 4.50. The Kier molecular flexibility index (Phi) is 5.99. The zero-order valence-electron chi connectivity index (χ0n) is 14.6. The fraction of sp³-hybridized carbons (Fsp3) is 0.438. The Morgan fingerprint density at radius 2 is 1.92 bits per heavy atom. The van der Waals surface area contributed by atoms with Crippen LogP contribution < -0.4 is 45.7 Å². The molecule has 0 unspecified atom stereocenters. The summed E-state index contributed by atoms with van der Waals surface area (Å²) in [7, 11) is 0. The van der Waals surface area contributed by atoms with E-state index in [0.717, 1.165) is 0 Å². The number of rotatable bonds is 4. The van der Waals surface area contributed by atoms with Gasteiger partial charge in [-0.15, -0.1) is 11.8 Å². The van der Waals surface area contributed by atoms with Crippen molar-refractivity contribution in [1.29, 1.82) is 0 Å². The van der Waals surface area contributed by atoms with Crippen LogP contribution in [0.5, 0.6) is 5.75 Å². The first kappa shape index (κ1) is 21.0. The van der Waals surface area contributed by atoms with E-state index in [9.17, 15) is 24.6 Å². The van der Waals surface area contributed by atoms with Gasteiger partial charge in [-0.25, -0.2) is 0 Å². The number of nitrogens with zero attached hydrogens (tertiary/aromatic N) is 1. The first-order chi connectivity index (χ1) is 11.6. The van der Waals surface area contributed by atoms with Gasteiger partial charge >= 0.3 is 29.6 Å². The average Bonchev–Trinajstić information content (AvgIpc) is 2.80. The summed E-state index contributed by atoms with van der Waals surface area (Å²) in [6.45, 7) is 3.45. The number of phenolic OH excluding ortho intramolecular Hbond substituents is 1. The Balaban J connectivity index is 0.00000243. The van der Waals surface area contributed by atoms with Crippen molar-refractivity contribution >= 4 is 29.5 Å². The van der Waals surface area contributed by atoms with Gasteiger partial charge in [0.15, 0.2) is 0 Å². The first-order valence-electron chi connectivity index (χ1n) is 7.69. The standard InChI is InChI=1S/C16H19N3O5S.Na/c1-16(2)11(15(23)24)19-13(22)10(14(19)25-16)18-12(21)9(17)7-3-5-8(20)6-4-7;/h3-6,9-11,14,20H,17H2,1-2H3,(H,18,21)(H,23,24);/q;+1/p-1/t9-,10-,11+,14+;/m1./s1. The SMILES string of the molecule is CC1(C)S[C@H]2[C@H](NC(=O)[C@H](N)c3ccc(O)cc3)C(=O)N2[C@H]1C(=O)[O-].[Na+]. The third kappa shape index (κ3) is 3.46. The smallest absolute Gasteiger partial charge is 0.548 e. The molecule has 1 aromatic rings. The minimum absolute atomic E-state index is 0. The maximum absolute atomic E-state index is 12.3. The number of carbonyl (C=O) groups excluding carboxylic acids is 3. The van der Waals surface area contributed by atoms with Crippen molar-refractivity contribution in [3.63, 3.8) is 0 Å². The second-order valence-corrected chi connectivity index (χ2v) is 8.41.